The smallest absolute Gasteiger partial charge is 0.0342 e. The van der Waals surface area contributed by atoms with Crippen LogP contribution in [0.1, 0.15) is 24.1 Å². The molecular weight excluding hydrogens is 308 g/mol. The minimum absolute atomic E-state index is 0. The fraction of sp³-hybridized carbons (Fsp3) is 0.636. The first-order valence-corrected chi connectivity index (χ1v) is 7.14. The molecule has 1 fully saturated rings. The van der Waals surface area contributed by atoms with Crippen molar-refractivity contribution in [1.82, 2.24) is 4.90 Å². The van der Waals surface area contributed by atoms with Crippen molar-refractivity contribution < 1.29 is 0 Å². The zero-order chi connectivity index (χ0) is 10.7. The molecule has 0 saturated carbocycles. The Hall–Kier alpha value is 0.390. The number of hydrogen-bond donors (Lipinski definition) is 1. The topological polar surface area (TPSA) is 29.3 Å². The summed E-state index contributed by atoms with van der Waals surface area (Å²) in [6.45, 7) is 3.05. The van der Waals surface area contributed by atoms with Crippen LogP contribution in [0.25, 0.3) is 0 Å². The molecule has 1 aromatic rings. The predicted octanol–water partition coefficient (Wildman–Crippen LogP) is 3.25. The second-order valence-electron chi connectivity index (χ2n) is 4.05. The van der Waals surface area contributed by atoms with Gasteiger partial charge in [-0.25, -0.2) is 0 Å². The van der Waals surface area contributed by atoms with Crippen molar-refractivity contribution in [2.45, 2.75) is 31.8 Å². The van der Waals surface area contributed by atoms with Crippen molar-refractivity contribution in [2.75, 3.05) is 13.1 Å². The average molecular weight is 326 g/mol. The number of nitrogens with zero attached hydrogens (tertiary/aromatic N) is 1. The standard InChI is InChI=1S/C11H17BrN2S.ClH/c12-10-4-6-15-11(10)8-14-5-2-1-3-9(14)7-13;/h4,6,9H,1-3,5,7-8,13H2;1H. The summed E-state index contributed by atoms with van der Waals surface area (Å²) in [5, 5.41) is 2.14. The first-order chi connectivity index (χ1) is 7.31. The molecule has 92 valence electrons. The molecule has 5 heteroatoms. The maximum atomic E-state index is 5.81. The molecule has 2 N–H and O–H groups in total. The van der Waals surface area contributed by atoms with E-state index in [2.05, 4.69) is 32.3 Å². The molecule has 1 atom stereocenters. The number of rotatable bonds is 3. The quantitative estimate of drug-likeness (QED) is 0.924. The Labute approximate surface area is 116 Å². The van der Waals surface area contributed by atoms with Crippen LogP contribution in [0.3, 0.4) is 0 Å². The van der Waals surface area contributed by atoms with Crippen molar-refractivity contribution >= 4 is 39.7 Å². The van der Waals surface area contributed by atoms with Crippen molar-refractivity contribution in [3.63, 3.8) is 0 Å². The molecule has 1 aromatic heterocycles. The molecule has 0 amide bonds. The normalized spacial score (nSPS) is 21.8. The first kappa shape index (κ1) is 14.5. The van der Waals surface area contributed by atoms with Gasteiger partial charge in [0, 0.05) is 28.5 Å². The highest BCUT2D eigenvalue weighted by molar-refractivity contribution is 9.10. The number of piperidine rings is 1. The van der Waals surface area contributed by atoms with Gasteiger partial charge in [0.15, 0.2) is 0 Å². The number of hydrogen-bond acceptors (Lipinski definition) is 3. The molecule has 0 radical (unpaired) electrons. The van der Waals surface area contributed by atoms with Crippen LogP contribution in [-0.4, -0.2) is 24.0 Å². The third-order valence-electron chi connectivity index (χ3n) is 3.06. The van der Waals surface area contributed by atoms with Gasteiger partial charge in [-0.05, 0) is 46.8 Å². The van der Waals surface area contributed by atoms with E-state index in [1.54, 1.807) is 0 Å². The molecule has 2 heterocycles. The lowest BCUT2D eigenvalue weighted by atomic mass is 10.0. The minimum atomic E-state index is 0. The van der Waals surface area contributed by atoms with Gasteiger partial charge in [0.05, 0.1) is 0 Å². The number of halogens is 2. The van der Waals surface area contributed by atoms with Crippen LogP contribution in [0, 0.1) is 0 Å². The Bertz CT molecular complexity index is 319. The summed E-state index contributed by atoms with van der Waals surface area (Å²) in [7, 11) is 0. The number of thiophene rings is 1. The summed E-state index contributed by atoms with van der Waals surface area (Å²) in [5.74, 6) is 0. The monoisotopic (exact) mass is 324 g/mol. The highest BCUT2D eigenvalue weighted by Gasteiger charge is 2.21. The zero-order valence-electron chi connectivity index (χ0n) is 9.19. The van der Waals surface area contributed by atoms with E-state index in [-0.39, 0.29) is 12.4 Å². The highest BCUT2D eigenvalue weighted by atomic mass is 79.9. The Balaban J connectivity index is 0.00000128. The summed E-state index contributed by atoms with van der Waals surface area (Å²) < 4.78 is 1.24. The van der Waals surface area contributed by atoms with Crippen LogP contribution in [-0.2, 0) is 6.54 Å². The van der Waals surface area contributed by atoms with Gasteiger partial charge in [0.1, 0.15) is 0 Å². The molecule has 1 aliphatic heterocycles. The number of likely N-dealkylation sites (tertiary alicyclic amines) is 1. The second-order valence-corrected chi connectivity index (χ2v) is 5.90. The Kier molecular flexibility index (Phi) is 6.29. The fourth-order valence-electron chi connectivity index (χ4n) is 2.16. The van der Waals surface area contributed by atoms with Crippen molar-refractivity contribution in [2.24, 2.45) is 5.73 Å². The van der Waals surface area contributed by atoms with E-state index in [0.717, 1.165) is 13.1 Å². The van der Waals surface area contributed by atoms with E-state index in [1.807, 2.05) is 11.3 Å². The van der Waals surface area contributed by atoms with Crippen LogP contribution in [0.15, 0.2) is 15.9 Å². The van der Waals surface area contributed by atoms with E-state index in [4.69, 9.17) is 5.73 Å². The van der Waals surface area contributed by atoms with Crippen LogP contribution < -0.4 is 5.73 Å². The van der Waals surface area contributed by atoms with E-state index in [1.165, 1.54) is 35.2 Å². The third-order valence-corrected chi connectivity index (χ3v) is 4.97. The number of nitrogens with two attached hydrogens (primary N) is 1. The zero-order valence-corrected chi connectivity index (χ0v) is 12.4. The van der Waals surface area contributed by atoms with Crippen molar-refractivity contribution in [1.29, 1.82) is 0 Å². The Morgan fingerprint density at radius 2 is 2.31 bits per heavy atom. The average Bonchev–Trinajstić information content (AvgIpc) is 2.65. The predicted molar refractivity (Wildman–Crippen MR) is 76.4 cm³/mol. The molecule has 2 nitrogen and oxygen atoms in total. The van der Waals surface area contributed by atoms with Gasteiger partial charge in [-0.2, -0.15) is 0 Å². The summed E-state index contributed by atoms with van der Waals surface area (Å²) in [4.78, 5) is 3.95. The van der Waals surface area contributed by atoms with E-state index in [9.17, 15) is 0 Å². The third kappa shape index (κ3) is 3.44. The molecular formula is C11H18BrClN2S. The maximum Gasteiger partial charge on any atom is 0.0342 e. The van der Waals surface area contributed by atoms with Gasteiger partial charge in [-0.3, -0.25) is 4.90 Å². The van der Waals surface area contributed by atoms with E-state index < -0.39 is 0 Å². The Morgan fingerprint density at radius 3 is 2.94 bits per heavy atom. The van der Waals surface area contributed by atoms with Crippen LogP contribution in [0.4, 0.5) is 0 Å². The van der Waals surface area contributed by atoms with Crippen molar-refractivity contribution in [3.8, 4) is 0 Å². The van der Waals surface area contributed by atoms with Crippen LogP contribution in [0.2, 0.25) is 0 Å². The Morgan fingerprint density at radius 1 is 1.50 bits per heavy atom. The summed E-state index contributed by atoms with van der Waals surface area (Å²) in [6, 6.07) is 2.72. The van der Waals surface area contributed by atoms with E-state index in [0.29, 0.717) is 6.04 Å². The lowest BCUT2D eigenvalue weighted by molar-refractivity contribution is 0.146. The van der Waals surface area contributed by atoms with Gasteiger partial charge in [0.2, 0.25) is 0 Å². The second kappa shape index (κ2) is 6.97. The first-order valence-electron chi connectivity index (χ1n) is 5.47. The molecule has 1 unspecified atom stereocenters. The van der Waals surface area contributed by atoms with Crippen LogP contribution >= 0.6 is 39.7 Å². The van der Waals surface area contributed by atoms with Gasteiger partial charge in [0.25, 0.3) is 0 Å². The van der Waals surface area contributed by atoms with Gasteiger partial charge in [-0.1, -0.05) is 6.42 Å². The van der Waals surface area contributed by atoms with Gasteiger partial charge < -0.3 is 5.73 Å². The molecule has 16 heavy (non-hydrogen) atoms. The van der Waals surface area contributed by atoms with E-state index >= 15 is 0 Å². The van der Waals surface area contributed by atoms with Crippen molar-refractivity contribution in [3.05, 3.63) is 20.8 Å². The van der Waals surface area contributed by atoms with Gasteiger partial charge in [-0.15, -0.1) is 23.7 Å². The lowest BCUT2D eigenvalue weighted by Crippen LogP contribution is -2.43. The molecule has 2 rings (SSSR count). The molecule has 0 aliphatic carbocycles. The SMILES string of the molecule is Cl.NCC1CCCCN1Cc1sccc1Br. The molecule has 1 saturated heterocycles. The molecule has 0 aromatic carbocycles. The lowest BCUT2D eigenvalue weighted by Gasteiger charge is -2.34. The summed E-state index contributed by atoms with van der Waals surface area (Å²) in [6.07, 6.45) is 3.92. The molecule has 0 bridgehead atoms. The van der Waals surface area contributed by atoms with Gasteiger partial charge >= 0.3 is 0 Å². The molecule has 1 aliphatic rings. The summed E-state index contributed by atoms with van der Waals surface area (Å²) >= 11 is 5.41. The molecule has 0 spiro atoms. The maximum absolute atomic E-state index is 5.81. The minimum Gasteiger partial charge on any atom is -0.329 e. The largest absolute Gasteiger partial charge is 0.329 e. The fourth-order valence-corrected chi connectivity index (χ4v) is 3.66. The summed E-state index contributed by atoms with van der Waals surface area (Å²) in [5.41, 5.74) is 5.81. The highest BCUT2D eigenvalue weighted by Crippen LogP contribution is 2.27. The van der Waals surface area contributed by atoms with Crippen LogP contribution in [0.5, 0.6) is 0 Å².